The second-order valence-electron chi connectivity index (χ2n) is 5.69. The Kier molecular flexibility index (Phi) is 4.77. The molecule has 0 spiro atoms. The first kappa shape index (κ1) is 16.9. The summed E-state index contributed by atoms with van der Waals surface area (Å²) in [5.41, 5.74) is 1.63. The van der Waals surface area contributed by atoms with Gasteiger partial charge in [0.05, 0.1) is 28.5 Å². The zero-order valence-electron chi connectivity index (χ0n) is 13.7. The Bertz CT molecular complexity index is 967. The summed E-state index contributed by atoms with van der Waals surface area (Å²) in [7, 11) is 0. The Morgan fingerprint density at radius 1 is 1.23 bits per heavy atom. The van der Waals surface area contributed by atoms with Crippen LogP contribution in [-0.4, -0.2) is 24.1 Å². The maximum atomic E-state index is 12.2. The molecule has 0 radical (unpaired) electrons. The third-order valence-electron chi connectivity index (χ3n) is 3.78. The Morgan fingerprint density at radius 3 is 2.96 bits per heavy atom. The minimum absolute atomic E-state index is 0.257. The van der Waals surface area contributed by atoms with E-state index in [4.69, 9.17) is 21.1 Å². The maximum Gasteiger partial charge on any atom is 0.250 e. The molecular weight excluding hydrogens is 372 g/mol. The monoisotopic (exact) mass is 386 g/mol. The molecule has 1 aromatic heterocycles. The van der Waals surface area contributed by atoms with Gasteiger partial charge in [0.1, 0.15) is 0 Å². The van der Waals surface area contributed by atoms with Crippen LogP contribution in [0.1, 0.15) is 12.0 Å². The summed E-state index contributed by atoms with van der Waals surface area (Å²) in [6.45, 7) is 1.15. The van der Waals surface area contributed by atoms with E-state index in [2.05, 4.69) is 10.3 Å². The van der Waals surface area contributed by atoms with Crippen molar-refractivity contribution in [3.05, 3.63) is 53.1 Å². The average Bonchev–Trinajstić information content (AvgIpc) is 2.87. The lowest BCUT2D eigenvalue weighted by Crippen LogP contribution is -2.07. The van der Waals surface area contributed by atoms with E-state index in [-0.39, 0.29) is 5.91 Å². The lowest BCUT2D eigenvalue weighted by molar-refractivity contribution is -0.111. The minimum Gasteiger partial charge on any atom is -0.489 e. The van der Waals surface area contributed by atoms with E-state index in [0.717, 1.165) is 22.2 Å². The first-order chi connectivity index (χ1) is 12.7. The smallest absolute Gasteiger partial charge is 0.250 e. The molecule has 2 aromatic carbocycles. The van der Waals surface area contributed by atoms with Crippen LogP contribution in [0, 0.1) is 0 Å². The van der Waals surface area contributed by atoms with Gasteiger partial charge in [-0.15, -0.1) is 0 Å². The zero-order chi connectivity index (χ0) is 17.9. The van der Waals surface area contributed by atoms with E-state index in [1.165, 1.54) is 17.4 Å². The van der Waals surface area contributed by atoms with Gasteiger partial charge in [-0.05, 0) is 35.9 Å². The van der Waals surface area contributed by atoms with Gasteiger partial charge in [0, 0.05) is 12.5 Å². The molecule has 0 saturated carbocycles. The van der Waals surface area contributed by atoms with E-state index in [9.17, 15) is 4.79 Å². The highest BCUT2D eigenvalue weighted by atomic mass is 35.5. The van der Waals surface area contributed by atoms with Crippen LogP contribution in [0.15, 0.2) is 42.5 Å². The molecule has 132 valence electrons. The summed E-state index contributed by atoms with van der Waals surface area (Å²) >= 11 is 7.70. The van der Waals surface area contributed by atoms with Gasteiger partial charge >= 0.3 is 0 Å². The van der Waals surface area contributed by atoms with Crippen molar-refractivity contribution in [2.75, 3.05) is 18.5 Å². The molecule has 0 atom stereocenters. The fraction of sp³-hybridized carbons (Fsp3) is 0.158. The maximum absolute atomic E-state index is 12.2. The molecule has 1 amide bonds. The normalized spacial score (nSPS) is 13.7. The molecule has 3 aromatic rings. The predicted molar refractivity (Wildman–Crippen MR) is 104 cm³/mol. The summed E-state index contributed by atoms with van der Waals surface area (Å²) in [5.74, 6) is 0.897. The van der Waals surface area contributed by atoms with Crippen molar-refractivity contribution in [1.29, 1.82) is 0 Å². The molecule has 1 N–H and O–H groups in total. The number of amides is 1. The number of nitrogens with one attached hydrogen (secondary N) is 1. The zero-order valence-corrected chi connectivity index (χ0v) is 15.3. The number of hydrogen-bond acceptors (Lipinski definition) is 5. The number of nitrogens with zero attached hydrogens (tertiary/aromatic N) is 1. The van der Waals surface area contributed by atoms with Crippen LogP contribution in [0.4, 0.5) is 5.13 Å². The molecule has 7 heteroatoms. The van der Waals surface area contributed by atoms with Crippen LogP contribution in [0.3, 0.4) is 0 Å². The van der Waals surface area contributed by atoms with Crippen molar-refractivity contribution in [2.45, 2.75) is 6.42 Å². The molecule has 0 bridgehead atoms. The summed E-state index contributed by atoms with van der Waals surface area (Å²) in [5, 5.41) is 3.82. The van der Waals surface area contributed by atoms with Crippen molar-refractivity contribution in [3.8, 4) is 11.5 Å². The third kappa shape index (κ3) is 3.66. The van der Waals surface area contributed by atoms with Gasteiger partial charge in [-0.25, -0.2) is 4.98 Å². The summed E-state index contributed by atoms with van der Waals surface area (Å²) in [6.07, 6.45) is 3.94. The molecule has 26 heavy (non-hydrogen) atoms. The summed E-state index contributed by atoms with van der Waals surface area (Å²) in [6, 6.07) is 11.3. The second-order valence-corrected chi connectivity index (χ2v) is 7.13. The summed E-state index contributed by atoms with van der Waals surface area (Å²) < 4.78 is 12.3. The number of anilines is 1. The van der Waals surface area contributed by atoms with Crippen molar-refractivity contribution in [2.24, 2.45) is 0 Å². The van der Waals surface area contributed by atoms with E-state index in [0.29, 0.717) is 34.9 Å². The Balaban J connectivity index is 1.49. The molecule has 0 saturated heterocycles. The van der Waals surface area contributed by atoms with Gasteiger partial charge in [0.15, 0.2) is 16.6 Å². The van der Waals surface area contributed by atoms with Crippen molar-refractivity contribution in [1.82, 2.24) is 4.98 Å². The number of benzene rings is 2. The number of thiazole rings is 1. The number of carbonyl (C=O) groups excluding carboxylic acids is 1. The standard InChI is InChI=1S/C19H15ClN2O3S/c20-13-10-12(11-15-18(13)25-9-3-8-24-15)6-7-17(23)22-19-21-14-4-1-2-5-16(14)26-19/h1-2,4-7,10-11H,3,8-9H2,(H,21,22,23)/b7-6+. The number of aromatic nitrogens is 1. The lowest BCUT2D eigenvalue weighted by Gasteiger charge is -2.09. The first-order valence-corrected chi connectivity index (χ1v) is 9.32. The van der Waals surface area contributed by atoms with Crippen LogP contribution in [-0.2, 0) is 4.79 Å². The molecule has 2 heterocycles. The number of fused-ring (bicyclic) bond motifs is 2. The largest absolute Gasteiger partial charge is 0.489 e. The van der Waals surface area contributed by atoms with E-state index >= 15 is 0 Å². The van der Waals surface area contributed by atoms with Crippen molar-refractivity contribution >= 4 is 50.3 Å². The van der Waals surface area contributed by atoms with Crippen LogP contribution in [0.5, 0.6) is 11.5 Å². The number of ether oxygens (including phenoxy) is 2. The Morgan fingerprint density at radius 2 is 2.08 bits per heavy atom. The fourth-order valence-electron chi connectivity index (χ4n) is 2.59. The Hall–Kier alpha value is -2.57. The van der Waals surface area contributed by atoms with E-state index in [1.807, 2.05) is 30.3 Å². The first-order valence-electron chi connectivity index (χ1n) is 8.13. The van der Waals surface area contributed by atoms with E-state index < -0.39 is 0 Å². The molecule has 0 aliphatic carbocycles. The van der Waals surface area contributed by atoms with Crippen molar-refractivity contribution in [3.63, 3.8) is 0 Å². The van der Waals surface area contributed by atoms with Gasteiger partial charge in [0.2, 0.25) is 5.91 Å². The molecule has 4 rings (SSSR count). The second kappa shape index (κ2) is 7.35. The van der Waals surface area contributed by atoms with Crippen LogP contribution >= 0.6 is 22.9 Å². The van der Waals surface area contributed by atoms with Crippen LogP contribution in [0.25, 0.3) is 16.3 Å². The predicted octanol–water partition coefficient (Wildman–Crippen LogP) is 4.76. The van der Waals surface area contributed by atoms with Gasteiger partial charge in [-0.2, -0.15) is 0 Å². The number of para-hydroxylation sites is 1. The van der Waals surface area contributed by atoms with Gasteiger partial charge in [-0.3, -0.25) is 10.1 Å². The number of carbonyl (C=O) groups is 1. The molecule has 0 unspecified atom stereocenters. The average molecular weight is 387 g/mol. The van der Waals surface area contributed by atoms with Gasteiger partial charge in [-0.1, -0.05) is 35.1 Å². The SMILES string of the molecule is O=C(/C=C/c1cc(Cl)c2c(c1)OCCCO2)Nc1nc2ccccc2s1. The highest BCUT2D eigenvalue weighted by Crippen LogP contribution is 2.38. The molecular formula is C19H15ClN2O3S. The number of hydrogen-bond donors (Lipinski definition) is 1. The van der Waals surface area contributed by atoms with Crippen molar-refractivity contribution < 1.29 is 14.3 Å². The highest BCUT2D eigenvalue weighted by Gasteiger charge is 2.15. The van der Waals surface area contributed by atoms with Gasteiger partial charge < -0.3 is 9.47 Å². The van der Waals surface area contributed by atoms with Crippen LogP contribution < -0.4 is 14.8 Å². The fourth-order valence-corrected chi connectivity index (χ4v) is 3.73. The molecule has 5 nitrogen and oxygen atoms in total. The van der Waals surface area contributed by atoms with Gasteiger partial charge in [0.25, 0.3) is 0 Å². The topological polar surface area (TPSA) is 60.5 Å². The number of halogens is 1. The number of rotatable bonds is 3. The summed E-state index contributed by atoms with van der Waals surface area (Å²) in [4.78, 5) is 16.6. The molecule has 1 aliphatic rings. The lowest BCUT2D eigenvalue weighted by atomic mass is 10.2. The third-order valence-corrected chi connectivity index (χ3v) is 5.01. The molecule has 1 aliphatic heterocycles. The molecule has 0 fully saturated rings. The Labute approximate surface area is 159 Å². The quantitative estimate of drug-likeness (QED) is 0.659. The minimum atomic E-state index is -0.257. The van der Waals surface area contributed by atoms with E-state index in [1.54, 1.807) is 12.1 Å². The highest BCUT2D eigenvalue weighted by molar-refractivity contribution is 7.22. The van der Waals surface area contributed by atoms with Crippen LogP contribution in [0.2, 0.25) is 5.02 Å².